The lowest BCUT2D eigenvalue weighted by Gasteiger charge is -2.23. The number of benzene rings is 2. The Bertz CT molecular complexity index is 755. The van der Waals surface area contributed by atoms with Crippen molar-refractivity contribution in [3.63, 3.8) is 0 Å². The molecule has 0 aliphatic rings. The molecule has 3 N–H and O–H groups in total. The number of rotatable bonds is 8. The quantitative estimate of drug-likeness (QED) is 0.669. The van der Waals surface area contributed by atoms with Crippen molar-refractivity contribution in [2.24, 2.45) is 0 Å². The van der Waals surface area contributed by atoms with Crippen LogP contribution in [0.15, 0.2) is 54.6 Å². The highest BCUT2D eigenvalue weighted by molar-refractivity contribution is 5.95. The number of aliphatic hydroxyl groups is 1. The zero-order valence-corrected chi connectivity index (χ0v) is 16.2. The minimum Gasteiger partial charge on any atom is -0.394 e. The van der Waals surface area contributed by atoms with Gasteiger partial charge in [0, 0.05) is 5.69 Å². The van der Waals surface area contributed by atoms with Gasteiger partial charge >= 0.3 is 0 Å². The Labute approximate surface area is 160 Å². The summed E-state index contributed by atoms with van der Waals surface area (Å²) in [5.41, 5.74) is 1.90. The Morgan fingerprint density at radius 1 is 1.04 bits per heavy atom. The molecule has 0 bridgehead atoms. The fourth-order valence-electron chi connectivity index (χ4n) is 2.84. The lowest BCUT2D eigenvalue weighted by molar-refractivity contribution is -0.122. The molecule has 0 aliphatic carbocycles. The van der Waals surface area contributed by atoms with E-state index in [0.717, 1.165) is 17.5 Å². The standard InChI is InChI=1S/C22H28N2O3/c1-4-19(17-8-6-5-7-9-17)21(27)23-18-12-10-16(11-13-18)14-20(26)24-22(2,3)15-25/h5-13,19,25H,4,14-15H2,1-3H3,(H,23,27)(H,24,26). The van der Waals surface area contributed by atoms with E-state index in [1.165, 1.54) is 0 Å². The van der Waals surface area contributed by atoms with Crippen molar-refractivity contribution < 1.29 is 14.7 Å². The average molecular weight is 368 g/mol. The van der Waals surface area contributed by atoms with Gasteiger partial charge in [0.15, 0.2) is 0 Å². The van der Waals surface area contributed by atoms with Crippen LogP contribution in [0.5, 0.6) is 0 Å². The zero-order chi connectivity index (χ0) is 19.9. The third-order valence-corrected chi connectivity index (χ3v) is 4.39. The van der Waals surface area contributed by atoms with Gasteiger partial charge in [0.25, 0.3) is 0 Å². The molecule has 0 saturated carbocycles. The minimum atomic E-state index is -0.641. The smallest absolute Gasteiger partial charge is 0.231 e. The van der Waals surface area contributed by atoms with Crippen LogP contribution in [0.3, 0.4) is 0 Å². The third-order valence-electron chi connectivity index (χ3n) is 4.39. The predicted octanol–water partition coefficient (Wildman–Crippen LogP) is 3.25. The van der Waals surface area contributed by atoms with Crippen LogP contribution < -0.4 is 10.6 Å². The van der Waals surface area contributed by atoms with E-state index in [2.05, 4.69) is 10.6 Å². The molecule has 2 aromatic rings. The largest absolute Gasteiger partial charge is 0.394 e. The maximum atomic E-state index is 12.6. The van der Waals surface area contributed by atoms with E-state index in [1.807, 2.05) is 49.4 Å². The first-order valence-corrected chi connectivity index (χ1v) is 9.21. The normalized spacial score (nSPS) is 12.3. The van der Waals surface area contributed by atoms with Crippen molar-refractivity contribution in [2.75, 3.05) is 11.9 Å². The predicted molar refractivity (Wildman–Crippen MR) is 108 cm³/mol. The number of nitrogens with one attached hydrogen (secondary N) is 2. The van der Waals surface area contributed by atoms with Crippen molar-refractivity contribution in [1.82, 2.24) is 5.32 Å². The van der Waals surface area contributed by atoms with Gasteiger partial charge in [-0.1, -0.05) is 49.4 Å². The second-order valence-electron chi connectivity index (χ2n) is 7.32. The Morgan fingerprint density at radius 2 is 1.67 bits per heavy atom. The van der Waals surface area contributed by atoms with E-state index in [-0.39, 0.29) is 30.8 Å². The molecule has 1 atom stereocenters. The molecular formula is C22H28N2O3. The number of carbonyl (C=O) groups is 2. The summed E-state index contributed by atoms with van der Waals surface area (Å²) in [5, 5.41) is 15.0. The summed E-state index contributed by atoms with van der Waals surface area (Å²) in [6, 6.07) is 17.0. The molecule has 27 heavy (non-hydrogen) atoms. The van der Waals surface area contributed by atoms with E-state index in [0.29, 0.717) is 5.69 Å². The molecule has 0 heterocycles. The van der Waals surface area contributed by atoms with E-state index < -0.39 is 5.54 Å². The van der Waals surface area contributed by atoms with Crippen LogP contribution in [-0.2, 0) is 16.0 Å². The highest BCUT2D eigenvalue weighted by atomic mass is 16.3. The first-order chi connectivity index (χ1) is 12.8. The van der Waals surface area contributed by atoms with Gasteiger partial charge in [-0.2, -0.15) is 0 Å². The second kappa shape index (κ2) is 9.33. The second-order valence-corrected chi connectivity index (χ2v) is 7.32. The monoisotopic (exact) mass is 368 g/mol. The summed E-state index contributed by atoms with van der Waals surface area (Å²) in [4.78, 5) is 24.6. The highest BCUT2D eigenvalue weighted by Gasteiger charge is 2.20. The van der Waals surface area contributed by atoms with Crippen molar-refractivity contribution in [2.45, 2.75) is 45.1 Å². The minimum absolute atomic E-state index is 0.0427. The molecule has 2 amide bonds. The van der Waals surface area contributed by atoms with Gasteiger partial charge in [-0.25, -0.2) is 0 Å². The van der Waals surface area contributed by atoms with Crippen molar-refractivity contribution in [1.29, 1.82) is 0 Å². The van der Waals surface area contributed by atoms with Crippen molar-refractivity contribution in [3.8, 4) is 0 Å². The SMILES string of the molecule is CCC(C(=O)Nc1ccc(CC(=O)NC(C)(C)CO)cc1)c1ccccc1. The van der Waals surface area contributed by atoms with E-state index in [1.54, 1.807) is 26.0 Å². The van der Waals surface area contributed by atoms with Crippen LogP contribution in [0.1, 0.15) is 44.2 Å². The van der Waals surface area contributed by atoms with Crippen LogP contribution in [0.4, 0.5) is 5.69 Å². The number of anilines is 1. The van der Waals surface area contributed by atoms with E-state index in [4.69, 9.17) is 0 Å². The fraction of sp³-hybridized carbons (Fsp3) is 0.364. The number of carbonyl (C=O) groups excluding carboxylic acids is 2. The van der Waals surface area contributed by atoms with Crippen molar-refractivity contribution >= 4 is 17.5 Å². The van der Waals surface area contributed by atoms with Crippen LogP contribution in [0.2, 0.25) is 0 Å². The lowest BCUT2D eigenvalue weighted by Crippen LogP contribution is -2.46. The molecule has 144 valence electrons. The Hall–Kier alpha value is -2.66. The van der Waals surface area contributed by atoms with Gasteiger partial charge in [0.1, 0.15) is 0 Å². The van der Waals surface area contributed by atoms with E-state index in [9.17, 15) is 14.7 Å². The summed E-state index contributed by atoms with van der Waals surface area (Å²) in [6.45, 7) is 5.40. The number of amides is 2. The van der Waals surface area contributed by atoms with E-state index >= 15 is 0 Å². The molecule has 0 aromatic heterocycles. The summed E-state index contributed by atoms with van der Waals surface area (Å²) in [7, 11) is 0. The first-order valence-electron chi connectivity index (χ1n) is 9.21. The van der Waals surface area contributed by atoms with Gasteiger partial charge in [-0.05, 0) is 43.5 Å². The Balaban J connectivity index is 1.97. The summed E-state index contributed by atoms with van der Waals surface area (Å²) in [5.74, 6) is -0.391. The molecule has 0 radical (unpaired) electrons. The maximum absolute atomic E-state index is 12.6. The Kier molecular flexibility index (Phi) is 7.13. The molecule has 0 saturated heterocycles. The molecule has 2 aromatic carbocycles. The van der Waals surface area contributed by atoms with Gasteiger partial charge in [0.2, 0.25) is 11.8 Å². The molecule has 5 heteroatoms. The molecular weight excluding hydrogens is 340 g/mol. The summed E-state index contributed by atoms with van der Waals surface area (Å²) >= 11 is 0. The maximum Gasteiger partial charge on any atom is 0.231 e. The van der Waals surface area contributed by atoms with Crippen LogP contribution in [-0.4, -0.2) is 29.1 Å². The van der Waals surface area contributed by atoms with Crippen molar-refractivity contribution in [3.05, 3.63) is 65.7 Å². The Morgan fingerprint density at radius 3 is 2.22 bits per heavy atom. The van der Waals surface area contributed by atoms with Gasteiger partial charge in [-0.15, -0.1) is 0 Å². The molecule has 2 rings (SSSR count). The van der Waals surface area contributed by atoms with Gasteiger partial charge in [0.05, 0.1) is 24.5 Å². The molecule has 1 unspecified atom stereocenters. The molecule has 0 spiro atoms. The fourth-order valence-corrected chi connectivity index (χ4v) is 2.84. The highest BCUT2D eigenvalue weighted by Crippen LogP contribution is 2.21. The summed E-state index contributed by atoms with van der Waals surface area (Å²) < 4.78 is 0. The van der Waals surface area contributed by atoms with Crippen LogP contribution in [0.25, 0.3) is 0 Å². The summed E-state index contributed by atoms with van der Waals surface area (Å²) in [6.07, 6.45) is 0.938. The lowest BCUT2D eigenvalue weighted by atomic mass is 9.95. The zero-order valence-electron chi connectivity index (χ0n) is 16.2. The number of aliphatic hydroxyl groups excluding tert-OH is 1. The third kappa shape index (κ3) is 6.22. The number of hydrogen-bond donors (Lipinski definition) is 3. The average Bonchev–Trinajstić information content (AvgIpc) is 2.64. The number of hydrogen-bond acceptors (Lipinski definition) is 3. The van der Waals surface area contributed by atoms with Gasteiger partial charge < -0.3 is 15.7 Å². The molecule has 0 aliphatic heterocycles. The van der Waals surface area contributed by atoms with Crippen LogP contribution >= 0.6 is 0 Å². The first kappa shape index (κ1) is 20.6. The molecule has 0 fully saturated rings. The van der Waals surface area contributed by atoms with Gasteiger partial charge in [-0.3, -0.25) is 9.59 Å². The van der Waals surface area contributed by atoms with Crippen LogP contribution in [0, 0.1) is 0 Å². The topological polar surface area (TPSA) is 78.4 Å². The molecule has 5 nitrogen and oxygen atoms in total.